The van der Waals surface area contributed by atoms with E-state index in [4.69, 9.17) is 4.74 Å². The summed E-state index contributed by atoms with van der Waals surface area (Å²) in [6.07, 6.45) is 0. The van der Waals surface area contributed by atoms with Crippen LogP contribution in [0.2, 0.25) is 0 Å². The maximum Gasteiger partial charge on any atom is 0.170 e. The van der Waals surface area contributed by atoms with Gasteiger partial charge in [-0.2, -0.15) is 0 Å². The van der Waals surface area contributed by atoms with E-state index < -0.39 is 0 Å². The van der Waals surface area contributed by atoms with Crippen LogP contribution in [0.4, 0.5) is 0 Å². The first-order valence-electron chi connectivity index (χ1n) is 6.91. The van der Waals surface area contributed by atoms with Gasteiger partial charge in [0.2, 0.25) is 0 Å². The van der Waals surface area contributed by atoms with Crippen molar-refractivity contribution in [2.24, 2.45) is 5.92 Å². The number of hydrogen-bond acceptors (Lipinski definition) is 2. The molecule has 0 bridgehead atoms. The molecule has 2 nitrogen and oxygen atoms in total. The number of carbonyl (C=O) groups excluding carboxylic acids is 1. The molecule has 0 saturated heterocycles. The van der Waals surface area contributed by atoms with Crippen LogP contribution in [-0.2, 0) is 0 Å². The minimum absolute atomic E-state index is 0.0394. The monoisotopic (exact) mass is 266 g/mol. The van der Waals surface area contributed by atoms with Gasteiger partial charge in [-0.3, -0.25) is 4.79 Å². The van der Waals surface area contributed by atoms with Crippen LogP contribution in [0.25, 0.3) is 0 Å². The van der Waals surface area contributed by atoms with Gasteiger partial charge in [0.15, 0.2) is 5.78 Å². The minimum Gasteiger partial charge on any atom is -0.496 e. The SMILES string of the molecule is COc1ccc(C)c2c1C(=O)C(C)C2c1ccccc1. The van der Waals surface area contributed by atoms with E-state index in [0.717, 1.165) is 16.7 Å². The lowest BCUT2D eigenvalue weighted by atomic mass is 9.85. The van der Waals surface area contributed by atoms with Crippen molar-refractivity contribution in [3.8, 4) is 5.75 Å². The van der Waals surface area contributed by atoms with Crippen molar-refractivity contribution in [1.82, 2.24) is 0 Å². The summed E-state index contributed by atoms with van der Waals surface area (Å²) in [5.41, 5.74) is 4.26. The van der Waals surface area contributed by atoms with Crippen molar-refractivity contribution in [2.45, 2.75) is 19.8 Å². The van der Waals surface area contributed by atoms with Gasteiger partial charge in [0, 0.05) is 11.8 Å². The predicted molar refractivity (Wildman–Crippen MR) is 79.5 cm³/mol. The molecule has 2 aromatic carbocycles. The van der Waals surface area contributed by atoms with Crippen molar-refractivity contribution in [2.75, 3.05) is 7.11 Å². The zero-order valence-corrected chi connectivity index (χ0v) is 12.0. The van der Waals surface area contributed by atoms with Gasteiger partial charge in [0.1, 0.15) is 5.75 Å². The quantitative estimate of drug-likeness (QED) is 0.822. The summed E-state index contributed by atoms with van der Waals surface area (Å²) in [6, 6.07) is 14.2. The number of fused-ring (bicyclic) bond motifs is 1. The summed E-state index contributed by atoms with van der Waals surface area (Å²) in [7, 11) is 1.62. The van der Waals surface area contributed by atoms with E-state index in [0.29, 0.717) is 5.75 Å². The molecule has 2 unspecified atom stereocenters. The molecule has 0 N–H and O–H groups in total. The Bertz CT molecular complexity index is 659. The Morgan fingerprint density at radius 1 is 1.05 bits per heavy atom. The standard InChI is InChI=1S/C18H18O2/c1-11-9-10-14(20-3)17-15(11)16(12(2)18(17)19)13-7-5-4-6-8-13/h4-10,12,16H,1-3H3. The van der Waals surface area contributed by atoms with Crippen molar-refractivity contribution >= 4 is 5.78 Å². The second-order valence-corrected chi connectivity index (χ2v) is 5.41. The lowest BCUT2D eigenvalue weighted by molar-refractivity contribution is 0.0937. The number of carbonyl (C=O) groups is 1. The summed E-state index contributed by atoms with van der Waals surface area (Å²) in [5.74, 6) is 0.978. The van der Waals surface area contributed by atoms with E-state index >= 15 is 0 Å². The van der Waals surface area contributed by atoms with E-state index in [-0.39, 0.29) is 17.6 Å². The Morgan fingerprint density at radius 2 is 1.75 bits per heavy atom. The topological polar surface area (TPSA) is 26.3 Å². The van der Waals surface area contributed by atoms with Crippen LogP contribution in [0, 0.1) is 12.8 Å². The van der Waals surface area contributed by atoms with E-state index in [2.05, 4.69) is 19.1 Å². The van der Waals surface area contributed by atoms with Gasteiger partial charge in [-0.05, 0) is 29.7 Å². The number of ketones is 1. The molecule has 0 aliphatic heterocycles. The van der Waals surface area contributed by atoms with Crippen LogP contribution in [0.3, 0.4) is 0 Å². The van der Waals surface area contributed by atoms with E-state index in [1.165, 1.54) is 5.56 Å². The molecule has 20 heavy (non-hydrogen) atoms. The highest BCUT2D eigenvalue weighted by Crippen LogP contribution is 2.46. The third kappa shape index (κ3) is 1.75. The number of Topliss-reactive ketones (excluding diaryl/α,β-unsaturated/α-hetero) is 1. The maximum atomic E-state index is 12.6. The Morgan fingerprint density at radius 3 is 2.40 bits per heavy atom. The molecular weight excluding hydrogens is 248 g/mol. The highest BCUT2D eigenvalue weighted by atomic mass is 16.5. The Hall–Kier alpha value is -2.09. The number of aryl methyl sites for hydroxylation is 1. The third-order valence-corrected chi connectivity index (χ3v) is 4.27. The Balaban J connectivity index is 2.25. The second-order valence-electron chi connectivity index (χ2n) is 5.41. The van der Waals surface area contributed by atoms with Gasteiger partial charge < -0.3 is 4.74 Å². The molecule has 2 heteroatoms. The normalized spacial score (nSPS) is 20.9. The molecule has 2 atom stereocenters. The zero-order valence-electron chi connectivity index (χ0n) is 12.0. The fourth-order valence-electron chi connectivity index (χ4n) is 3.27. The van der Waals surface area contributed by atoms with E-state index in [1.54, 1.807) is 7.11 Å². The molecule has 0 saturated carbocycles. The Labute approximate surface area is 119 Å². The van der Waals surface area contributed by atoms with Crippen LogP contribution >= 0.6 is 0 Å². The highest BCUT2D eigenvalue weighted by Gasteiger charge is 2.40. The van der Waals surface area contributed by atoms with Crippen LogP contribution in [-0.4, -0.2) is 12.9 Å². The summed E-state index contributed by atoms with van der Waals surface area (Å²) in [6.45, 7) is 4.08. The minimum atomic E-state index is -0.0394. The Kier molecular flexibility index (Phi) is 3.09. The lowest BCUT2D eigenvalue weighted by Crippen LogP contribution is -2.10. The number of methoxy groups -OCH3 is 1. The molecule has 1 aliphatic rings. The number of rotatable bonds is 2. The zero-order chi connectivity index (χ0) is 14.3. The van der Waals surface area contributed by atoms with Crippen molar-refractivity contribution < 1.29 is 9.53 Å². The molecule has 102 valence electrons. The molecule has 0 radical (unpaired) electrons. The summed E-state index contributed by atoms with van der Waals surface area (Å²) in [5, 5.41) is 0. The van der Waals surface area contributed by atoms with Gasteiger partial charge in [-0.25, -0.2) is 0 Å². The predicted octanol–water partition coefficient (Wildman–Crippen LogP) is 3.97. The van der Waals surface area contributed by atoms with Crippen LogP contribution in [0.1, 0.15) is 39.9 Å². The molecule has 0 aromatic heterocycles. The van der Waals surface area contributed by atoms with Crippen molar-refractivity contribution in [3.63, 3.8) is 0 Å². The summed E-state index contributed by atoms with van der Waals surface area (Å²) >= 11 is 0. The smallest absolute Gasteiger partial charge is 0.170 e. The fraction of sp³-hybridized carbons (Fsp3) is 0.278. The molecule has 0 amide bonds. The summed E-state index contributed by atoms with van der Waals surface area (Å²) < 4.78 is 5.39. The molecule has 1 aliphatic carbocycles. The van der Waals surface area contributed by atoms with Gasteiger partial charge in [0.05, 0.1) is 12.7 Å². The first-order chi connectivity index (χ1) is 9.65. The molecule has 0 heterocycles. The van der Waals surface area contributed by atoms with E-state index in [9.17, 15) is 4.79 Å². The van der Waals surface area contributed by atoms with Crippen LogP contribution in [0.5, 0.6) is 5.75 Å². The highest BCUT2D eigenvalue weighted by molar-refractivity contribution is 6.06. The first-order valence-corrected chi connectivity index (χ1v) is 6.91. The van der Waals surface area contributed by atoms with Crippen molar-refractivity contribution in [1.29, 1.82) is 0 Å². The molecular formula is C18H18O2. The van der Waals surface area contributed by atoms with Gasteiger partial charge in [-0.1, -0.05) is 43.3 Å². The second kappa shape index (κ2) is 4.78. The lowest BCUT2D eigenvalue weighted by Gasteiger charge is -2.18. The van der Waals surface area contributed by atoms with Gasteiger partial charge in [0.25, 0.3) is 0 Å². The van der Waals surface area contributed by atoms with Gasteiger partial charge in [-0.15, -0.1) is 0 Å². The average molecular weight is 266 g/mol. The average Bonchev–Trinajstić information content (AvgIpc) is 2.74. The van der Waals surface area contributed by atoms with E-state index in [1.807, 2.05) is 37.3 Å². The molecule has 0 fully saturated rings. The number of ether oxygens (including phenoxy) is 1. The third-order valence-electron chi connectivity index (χ3n) is 4.27. The van der Waals surface area contributed by atoms with Crippen molar-refractivity contribution in [3.05, 3.63) is 64.7 Å². The first kappa shape index (κ1) is 12.9. The number of hydrogen-bond donors (Lipinski definition) is 0. The van der Waals surface area contributed by atoms with Crippen LogP contribution < -0.4 is 4.74 Å². The molecule has 2 aromatic rings. The molecule has 0 spiro atoms. The largest absolute Gasteiger partial charge is 0.496 e. The summed E-state index contributed by atoms with van der Waals surface area (Å²) in [4.78, 5) is 12.6. The van der Waals surface area contributed by atoms with Gasteiger partial charge >= 0.3 is 0 Å². The number of benzene rings is 2. The fourth-order valence-corrected chi connectivity index (χ4v) is 3.27. The maximum absolute atomic E-state index is 12.6. The van der Waals surface area contributed by atoms with Crippen LogP contribution in [0.15, 0.2) is 42.5 Å². The molecule has 3 rings (SSSR count).